The predicted molar refractivity (Wildman–Crippen MR) is 67.7 cm³/mol. The van der Waals surface area contributed by atoms with E-state index in [1.807, 2.05) is 6.07 Å². The van der Waals surface area contributed by atoms with Crippen LogP contribution in [0.1, 0.15) is 18.9 Å². The van der Waals surface area contributed by atoms with Crippen LogP contribution in [-0.2, 0) is 6.54 Å². The smallest absolute Gasteiger partial charge is 0.147 e. The van der Waals surface area contributed by atoms with Crippen molar-refractivity contribution in [3.8, 4) is 0 Å². The molecule has 0 unspecified atom stereocenters. The summed E-state index contributed by atoms with van der Waals surface area (Å²) in [6.45, 7) is 4.51. The Bertz CT molecular complexity index is 415. The fourth-order valence-electron chi connectivity index (χ4n) is 1.78. The lowest BCUT2D eigenvalue weighted by Crippen LogP contribution is -2.29. The molecule has 1 aromatic rings. The summed E-state index contributed by atoms with van der Waals surface area (Å²) in [6.07, 6.45) is 5.10. The third kappa shape index (κ3) is 2.36. The van der Waals surface area contributed by atoms with Crippen LogP contribution in [-0.4, -0.2) is 18.1 Å². The Morgan fingerprint density at radius 2 is 2.38 bits per heavy atom. The normalized spacial score (nSPS) is 16.2. The van der Waals surface area contributed by atoms with Gasteiger partial charge in [0.15, 0.2) is 0 Å². The molecular formula is C12H16ClN3. The number of hydrogen-bond donors (Lipinski definition) is 1. The third-order valence-corrected chi connectivity index (χ3v) is 3.13. The number of halogens is 1. The van der Waals surface area contributed by atoms with Gasteiger partial charge < -0.3 is 10.6 Å². The van der Waals surface area contributed by atoms with Gasteiger partial charge in [-0.2, -0.15) is 0 Å². The Morgan fingerprint density at radius 1 is 1.56 bits per heavy atom. The first-order valence-electron chi connectivity index (χ1n) is 5.46. The monoisotopic (exact) mass is 237 g/mol. The summed E-state index contributed by atoms with van der Waals surface area (Å²) in [7, 11) is 0. The van der Waals surface area contributed by atoms with Crippen LogP contribution in [0.5, 0.6) is 0 Å². The number of rotatable bonds is 2. The zero-order chi connectivity index (χ0) is 11.5. The van der Waals surface area contributed by atoms with E-state index in [1.165, 1.54) is 5.57 Å². The molecule has 16 heavy (non-hydrogen) atoms. The quantitative estimate of drug-likeness (QED) is 0.803. The van der Waals surface area contributed by atoms with Gasteiger partial charge in [0.05, 0.1) is 5.02 Å². The van der Waals surface area contributed by atoms with Gasteiger partial charge in [-0.1, -0.05) is 23.3 Å². The van der Waals surface area contributed by atoms with Gasteiger partial charge in [0.1, 0.15) is 5.82 Å². The van der Waals surface area contributed by atoms with E-state index in [0.29, 0.717) is 11.6 Å². The second-order valence-electron chi connectivity index (χ2n) is 4.10. The average molecular weight is 238 g/mol. The van der Waals surface area contributed by atoms with Gasteiger partial charge in [0.25, 0.3) is 0 Å². The second kappa shape index (κ2) is 4.85. The Balaban J connectivity index is 2.21. The van der Waals surface area contributed by atoms with E-state index in [2.05, 4.69) is 22.9 Å². The highest BCUT2D eigenvalue weighted by Gasteiger charge is 2.14. The molecule has 0 aliphatic carbocycles. The van der Waals surface area contributed by atoms with E-state index in [0.717, 1.165) is 30.9 Å². The summed E-state index contributed by atoms with van der Waals surface area (Å²) in [6, 6.07) is 1.90. The molecule has 0 spiro atoms. The first kappa shape index (κ1) is 11.4. The fraction of sp³-hybridized carbons (Fsp3) is 0.417. The molecule has 2 N–H and O–H groups in total. The molecule has 1 aromatic heterocycles. The Morgan fingerprint density at radius 3 is 2.94 bits per heavy atom. The molecule has 3 nitrogen and oxygen atoms in total. The molecule has 0 amide bonds. The van der Waals surface area contributed by atoms with Crippen LogP contribution in [0, 0.1) is 0 Å². The first-order chi connectivity index (χ1) is 7.70. The van der Waals surface area contributed by atoms with Gasteiger partial charge in [-0.3, -0.25) is 0 Å². The lowest BCUT2D eigenvalue weighted by molar-refractivity contribution is 0.774. The van der Waals surface area contributed by atoms with Crippen molar-refractivity contribution in [3.05, 3.63) is 34.5 Å². The standard InChI is InChI=1S/C12H16ClN3/c1-9-2-4-16(5-3-9)12-11(13)6-10(7-14)8-15-12/h2,6,8H,3-5,7,14H2,1H3. The summed E-state index contributed by atoms with van der Waals surface area (Å²) in [4.78, 5) is 6.57. The highest BCUT2D eigenvalue weighted by atomic mass is 35.5. The third-order valence-electron chi connectivity index (χ3n) is 2.85. The van der Waals surface area contributed by atoms with E-state index >= 15 is 0 Å². The molecule has 0 atom stereocenters. The van der Waals surface area contributed by atoms with Gasteiger partial charge in [-0.05, 0) is 25.0 Å². The second-order valence-corrected chi connectivity index (χ2v) is 4.51. The Kier molecular flexibility index (Phi) is 3.46. The SMILES string of the molecule is CC1=CCN(c2ncc(CN)cc2Cl)CC1. The van der Waals surface area contributed by atoms with E-state index in [9.17, 15) is 0 Å². The summed E-state index contributed by atoms with van der Waals surface area (Å²) < 4.78 is 0. The largest absolute Gasteiger partial charge is 0.351 e. The lowest BCUT2D eigenvalue weighted by Gasteiger charge is -2.27. The summed E-state index contributed by atoms with van der Waals surface area (Å²) in [5.74, 6) is 0.864. The van der Waals surface area contributed by atoms with Crippen LogP contribution in [0.4, 0.5) is 5.82 Å². The maximum Gasteiger partial charge on any atom is 0.147 e. The summed E-state index contributed by atoms with van der Waals surface area (Å²) >= 11 is 6.20. The molecule has 1 aliphatic heterocycles. The van der Waals surface area contributed by atoms with Crippen LogP contribution >= 0.6 is 11.6 Å². The minimum Gasteiger partial charge on any atom is -0.351 e. The zero-order valence-electron chi connectivity index (χ0n) is 9.41. The van der Waals surface area contributed by atoms with Gasteiger partial charge in [-0.15, -0.1) is 0 Å². The van der Waals surface area contributed by atoms with E-state index < -0.39 is 0 Å². The zero-order valence-corrected chi connectivity index (χ0v) is 10.2. The predicted octanol–water partition coefficient (Wildman–Crippen LogP) is 2.35. The van der Waals surface area contributed by atoms with Crippen molar-refractivity contribution in [1.82, 2.24) is 4.98 Å². The van der Waals surface area contributed by atoms with Crippen LogP contribution in [0.3, 0.4) is 0 Å². The van der Waals surface area contributed by atoms with Gasteiger partial charge in [0.2, 0.25) is 0 Å². The molecule has 0 bridgehead atoms. The number of pyridine rings is 1. The number of hydrogen-bond acceptors (Lipinski definition) is 3. The molecule has 0 saturated heterocycles. The van der Waals surface area contributed by atoms with Crippen LogP contribution in [0.25, 0.3) is 0 Å². The molecule has 4 heteroatoms. The minimum atomic E-state index is 0.478. The van der Waals surface area contributed by atoms with Crippen molar-refractivity contribution in [2.75, 3.05) is 18.0 Å². The molecule has 2 heterocycles. The molecule has 0 saturated carbocycles. The molecule has 1 aliphatic rings. The fourth-order valence-corrected chi connectivity index (χ4v) is 2.09. The van der Waals surface area contributed by atoms with Crippen LogP contribution in [0.2, 0.25) is 5.02 Å². The van der Waals surface area contributed by atoms with Crippen LogP contribution in [0.15, 0.2) is 23.9 Å². The number of nitrogens with zero attached hydrogens (tertiary/aromatic N) is 2. The molecule has 0 fully saturated rings. The van der Waals surface area contributed by atoms with Gasteiger partial charge >= 0.3 is 0 Å². The van der Waals surface area contributed by atoms with Crippen molar-refractivity contribution < 1.29 is 0 Å². The number of nitrogens with two attached hydrogens (primary N) is 1. The first-order valence-corrected chi connectivity index (χ1v) is 5.83. The average Bonchev–Trinajstić information content (AvgIpc) is 2.30. The van der Waals surface area contributed by atoms with Crippen molar-refractivity contribution in [2.24, 2.45) is 5.73 Å². The van der Waals surface area contributed by atoms with Crippen molar-refractivity contribution in [3.63, 3.8) is 0 Å². The maximum atomic E-state index is 6.20. The lowest BCUT2D eigenvalue weighted by atomic mass is 10.1. The summed E-state index contributed by atoms with van der Waals surface area (Å²) in [5, 5.41) is 0.691. The van der Waals surface area contributed by atoms with Crippen molar-refractivity contribution in [1.29, 1.82) is 0 Å². The Hall–Kier alpha value is -1.06. The molecule has 0 radical (unpaired) electrons. The highest BCUT2D eigenvalue weighted by Crippen LogP contribution is 2.26. The highest BCUT2D eigenvalue weighted by molar-refractivity contribution is 6.33. The molecule has 86 valence electrons. The van der Waals surface area contributed by atoms with E-state index in [-0.39, 0.29) is 0 Å². The maximum absolute atomic E-state index is 6.20. The van der Waals surface area contributed by atoms with E-state index in [4.69, 9.17) is 17.3 Å². The molecule has 0 aromatic carbocycles. The van der Waals surface area contributed by atoms with Gasteiger partial charge in [-0.25, -0.2) is 4.98 Å². The Labute approximate surface area is 101 Å². The van der Waals surface area contributed by atoms with Crippen LogP contribution < -0.4 is 10.6 Å². The summed E-state index contributed by atoms with van der Waals surface area (Å²) in [5.41, 5.74) is 7.95. The van der Waals surface area contributed by atoms with Crippen molar-refractivity contribution >= 4 is 17.4 Å². The van der Waals surface area contributed by atoms with E-state index in [1.54, 1.807) is 6.20 Å². The molecular weight excluding hydrogens is 222 g/mol. The minimum absolute atomic E-state index is 0.478. The topological polar surface area (TPSA) is 42.2 Å². The number of aromatic nitrogens is 1. The number of anilines is 1. The molecule has 2 rings (SSSR count). The van der Waals surface area contributed by atoms with Gasteiger partial charge in [0, 0.05) is 25.8 Å². The van der Waals surface area contributed by atoms with Crippen molar-refractivity contribution in [2.45, 2.75) is 19.9 Å².